The van der Waals surface area contributed by atoms with Crippen molar-refractivity contribution in [2.75, 3.05) is 6.61 Å². The summed E-state index contributed by atoms with van der Waals surface area (Å²) in [5.41, 5.74) is 0. The van der Waals surface area contributed by atoms with Gasteiger partial charge in [-0.15, -0.1) is 0 Å². The first-order valence-electron chi connectivity index (χ1n) is 6.71. The standard InChI is InChI=1S/C5H13O12P3.C4H4N2/c6-3-4-1-2-5(14-4)15-19(10,11)17-20(12,13)16-18(7,8)9;1-2-5-4-6-3-1/h4-6H,1-3H2,(H,10,11)(H,12,13)(H2,7,8,9);1-4H/t4-,5?;/m0./s1. The second kappa shape index (κ2) is 10.1. The van der Waals surface area contributed by atoms with E-state index in [4.69, 9.17) is 29.4 Å². The van der Waals surface area contributed by atoms with Gasteiger partial charge in [-0.1, -0.05) is 0 Å². The minimum absolute atomic E-state index is 0.105. The Hall–Kier alpha value is -0.590. The maximum absolute atomic E-state index is 11.4. The molecule has 0 spiro atoms. The van der Waals surface area contributed by atoms with E-state index >= 15 is 0 Å². The van der Waals surface area contributed by atoms with Crippen molar-refractivity contribution in [3.05, 3.63) is 24.8 Å². The molecule has 150 valence electrons. The van der Waals surface area contributed by atoms with E-state index in [0.29, 0.717) is 6.42 Å². The number of hydrogen-bond acceptors (Lipinski definition) is 10. The molecule has 26 heavy (non-hydrogen) atoms. The van der Waals surface area contributed by atoms with Crippen molar-refractivity contribution in [2.45, 2.75) is 25.2 Å². The molecule has 1 saturated heterocycles. The summed E-state index contributed by atoms with van der Waals surface area (Å²) in [6.07, 6.45) is 3.40. The predicted molar refractivity (Wildman–Crippen MR) is 82.0 cm³/mol. The summed E-state index contributed by atoms with van der Waals surface area (Å²) in [6.45, 7) is -0.351. The summed E-state index contributed by atoms with van der Waals surface area (Å²) >= 11 is 0. The lowest BCUT2D eigenvalue weighted by atomic mass is 10.2. The van der Waals surface area contributed by atoms with Crippen LogP contribution in [-0.4, -0.2) is 53.6 Å². The molecule has 14 nitrogen and oxygen atoms in total. The molecule has 0 saturated carbocycles. The van der Waals surface area contributed by atoms with Gasteiger partial charge in [0.05, 0.1) is 12.7 Å². The number of phosphoric ester groups is 1. The number of rotatable bonds is 7. The van der Waals surface area contributed by atoms with Gasteiger partial charge in [0.1, 0.15) is 6.33 Å². The molecule has 1 aromatic heterocycles. The third kappa shape index (κ3) is 10.5. The van der Waals surface area contributed by atoms with Crippen LogP contribution in [0.1, 0.15) is 12.8 Å². The average Bonchev–Trinajstić information content (AvgIpc) is 2.92. The molecular formula is C9H17N2O12P3. The van der Waals surface area contributed by atoms with Gasteiger partial charge < -0.3 is 29.4 Å². The van der Waals surface area contributed by atoms with Gasteiger partial charge in [-0.25, -0.2) is 23.7 Å². The number of hydrogen-bond donors (Lipinski definition) is 5. The van der Waals surface area contributed by atoms with Gasteiger partial charge in [0.15, 0.2) is 6.29 Å². The third-order valence-electron chi connectivity index (χ3n) is 2.42. The first kappa shape index (κ1) is 23.4. The molecule has 2 rings (SSSR count). The fourth-order valence-electron chi connectivity index (χ4n) is 1.59. The predicted octanol–water partition coefficient (Wildman–Crippen LogP) is 0.304. The largest absolute Gasteiger partial charge is 0.490 e. The minimum atomic E-state index is -5.52. The second-order valence-electron chi connectivity index (χ2n) is 4.55. The van der Waals surface area contributed by atoms with E-state index in [1.807, 2.05) is 0 Å². The fraction of sp³-hybridized carbons (Fsp3) is 0.556. The first-order valence-corrected chi connectivity index (χ1v) is 11.2. The van der Waals surface area contributed by atoms with Crippen molar-refractivity contribution in [2.24, 2.45) is 0 Å². The summed E-state index contributed by atoms with van der Waals surface area (Å²) < 4.78 is 49.1. The molecule has 3 unspecified atom stereocenters. The fourth-order valence-corrected chi connectivity index (χ4v) is 4.70. The lowest BCUT2D eigenvalue weighted by Gasteiger charge is -2.19. The molecule has 5 N–H and O–H groups in total. The lowest BCUT2D eigenvalue weighted by molar-refractivity contribution is -0.0948. The van der Waals surface area contributed by atoms with E-state index in [9.17, 15) is 13.7 Å². The van der Waals surface area contributed by atoms with Gasteiger partial charge in [0.2, 0.25) is 0 Å². The summed E-state index contributed by atoms with van der Waals surface area (Å²) in [4.78, 5) is 42.0. The molecule has 1 fully saturated rings. The number of ether oxygens (including phenoxy) is 1. The molecule has 0 amide bonds. The number of phosphoric acid groups is 3. The van der Waals surface area contributed by atoms with Gasteiger partial charge in [-0.05, 0) is 12.5 Å². The first-order chi connectivity index (χ1) is 11.9. The van der Waals surface area contributed by atoms with Crippen LogP contribution in [0.15, 0.2) is 24.8 Å². The number of aliphatic hydroxyl groups is 1. The summed E-state index contributed by atoms with van der Waals surface area (Å²) in [5.74, 6) is 0. The maximum Gasteiger partial charge on any atom is 0.490 e. The molecule has 1 aromatic rings. The monoisotopic (exact) mass is 438 g/mol. The zero-order chi connectivity index (χ0) is 19.8. The van der Waals surface area contributed by atoms with Crippen molar-refractivity contribution in [3.63, 3.8) is 0 Å². The van der Waals surface area contributed by atoms with Crippen LogP contribution in [0.5, 0.6) is 0 Å². The van der Waals surface area contributed by atoms with E-state index < -0.39 is 35.9 Å². The van der Waals surface area contributed by atoms with Crippen molar-refractivity contribution in [3.8, 4) is 0 Å². The Morgan fingerprint density at radius 2 is 1.62 bits per heavy atom. The van der Waals surface area contributed by atoms with E-state index in [2.05, 4.69) is 23.1 Å². The third-order valence-corrected chi connectivity index (χ3v) is 6.25. The zero-order valence-electron chi connectivity index (χ0n) is 12.9. The molecule has 0 bridgehead atoms. The van der Waals surface area contributed by atoms with Crippen molar-refractivity contribution < 1.29 is 56.3 Å². The Bertz CT molecular complexity index is 657. The molecule has 17 heteroatoms. The van der Waals surface area contributed by atoms with Gasteiger partial charge in [0.25, 0.3) is 0 Å². The van der Waals surface area contributed by atoms with Crippen molar-refractivity contribution >= 4 is 23.5 Å². The van der Waals surface area contributed by atoms with Crippen LogP contribution in [0.25, 0.3) is 0 Å². The van der Waals surface area contributed by atoms with Crippen molar-refractivity contribution in [1.29, 1.82) is 0 Å². The Morgan fingerprint density at radius 1 is 1.00 bits per heavy atom. The summed E-state index contributed by atoms with van der Waals surface area (Å²) in [7, 11) is -16.1. The Kier molecular flexibility index (Phi) is 9.10. The van der Waals surface area contributed by atoms with Gasteiger partial charge in [-0.3, -0.25) is 4.52 Å². The molecule has 0 aromatic carbocycles. The van der Waals surface area contributed by atoms with Crippen LogP contribution in [0.3, 0.4) is 0 Å². The average molecular weight is 438 g/mol. The molecule has 0 aliphatic carbocycles. The molecular weight excluding hydrogens is 421 g/mol. The van der Waals surface area contributed by atoms with Crippen LogP contribution in [-0.2, 0) is 31.6 Å². The van der Waals surface area contributed by atoms with E-state index in [-0.39, 0.29) is 13.0 Å². The maximum atomic E-state index is 11.4. The van der Waals surface area contributed by atoms with Gasteiger partial charge in [-0.2, -0.15) is 8.62 Å². The number of nitrogens with zero attached hydrogens (tertiary/aromatic N) is 2. The second-order valence-corrected chi connectivity index (χ2v) is 8.92. The number of aromatic nitrogens is 2. The van der Waals surface area contributed by atoms with Gasteiger partial charge >= 0.3 is 23.5 Å². The quantitative estimate of drug-likeness (QED) is 0.362. The summed E-state index contributed by atoms with van der Waals surface area (Å²) in [5, 5.41) is 8.76. The van der Waals surface area contributed by atoms with Crippen LogP contribution in [0.4, 0.5) is 0 Å². The Morgan fingerprint density at radius 3 is 2.00 bits per heavy atom. The smallest absolute Gasteiger partial charge is 0.394 e. The molecule has 4 atom stereocenters. The highest BCUT2D eigenvalue weighted by Gasteiger charge is 2.43. The highest BCUT2D eigenvalue weighted by molar-refractivity contribution is 7.66. The van der Waals surface area contributed by atoms with E-state index in [1.54, 1.807) is 18.5 Å². The lowest BCUT2D eigenvalue weighted by Crippen LogP contribution is -2.16. The molecule has 0 radical (unpaired) electrons. The van der Waals surface area contributed by atoms with Crippen LogP contribution < -0.4 is 0 Å². The minimum Gasteiger partial charge on any atom is -0.394 e. The molecule has 2 heterocycles. The molecule has 1 aliphatic rings. The highest BCUT2D eigenvalue weighted by Crippen LogP contribution is 2.66. The topological polar surface area (TPSA) is 215 Å². The summed E-state index contributed by atoms with van der Waals surface area (Å²) in [6, 6.07) is 1.78. The van der Waals surface area contributed by atoms with Crippen LogP contribution in [0, 0.1) is 0 Å². The normalized spacial score (nSPS) is 24.8. The van der Waals surface area contributed by atoms with Crippen LogP contribution >= 0.6 is 23.5 Å². The van der Waals surface area contributed by atoms with Crippen LogP contribution in [0.2, 0.25) is 0 Å². The van der Waals surface area contributed by atoms with E-state index in [0.717, 1.165) is 0 Å². The Labute approximate surface area is 147 Å². The number of aliphatic hydroxyl groups excluding tert-OH is 1. The zero-order valence-corrected chi connectivity index (χ0v) is 15.6. The molecule has 1 aliphatic heterocycles. The van der Waals surface area contributed by atoms with Gasteiger partial charge in [0, 0.05) is 18.8 Å². The highest BCUT2D eigenvalue weighted by atomic mass is 31.3. The Balaban J connectivity index is 0.000000472. The van der Waals surface area contributed by atoms with Crippen molar-refractivity contribution in [1.82, 2.24) is 9.97 Å². The SMILES string of the molecule is O=P(O)(O)OP(=O)(O)OP(=O)(O)OC1CC[C@@H](CO)O1.c1cncnc1. The van der Waals surface area contributed by atoms with E-state index in [1.165, 1.54) is 6.33 Å².